The van der Waals surface area contributed by atoms with Crippen molar-refractivity contribution in [1.82, 2.24) is 9.55 Å². The van der Waals surface area contributed by atoms with Gasteiger partial charge >= 0.3 is 6.18 Å². The number of nitrogens with zero attached hydrogens (tertiary/aromatic N) is 1. The standard InChI is InChI=1S/C20H13BrClF3N2O/c1-10-17-15(6-5-14-18(17)13(22)8-16(28)26-14)27(9-20(23,24)25)19(10)11-3-2-4-12(21)7-11/h2-8H,9H2,1H3,(H,26,28). The van der Waals surface area contributed by atoms with Gasteiger partial charge in [-0.1, -0.05) is 39.7 Å². The molecule has 2 aromatic heterocycles. The van der Waals surface area contributed by atoms with Crippen molar-refractivity contribution in [1.29, 1.82) is 0 Å². The maximum absolute atomic E-state index is 13.4. The second kappa shape index (κ2) is 6.67. The van der Waals surface area contributed by atoms with Crippen molar-refractivity contribution in [2.75, 3.05) is 0 Å². The molecule has 0 aliphatic heterocycles. The van der Waals surface area contributed by atoms with Crippen molar-refractivity contribution in [2.45, 2.75) is 19.6 Å². The lowest BCUT2D eigenvalue weighted by Crippen LogP contribution is -2.18. The number of H-pyrrole nitrogens is 1. The van der Waals surface area contributed by atoms with Gasteiger partial charge in [0.15, 0.2) is 0 Å². The van der Waals surface area contributed by atoms with Crippen LogP contribution in [0.25, 0.3) is 33.1 Å². The lowest BCUT2D eigenvalue weighted by molar-refractivity contribution is -0.139. The zero-order chi connectivity index (χ0) is 20.2. The summed E-state index contributed by atoms with van der Waals surface area (Å²) in [6.45, 7) is 0.637. The van der Waals surface area contributed by atoms with Crippen LogP contribution in [0, 0.1) is 6.92 Å². The number of halogens is 5. The Balaban J connectivity index is 2.18. The van der Waals surface area contributed by atoms with Crippen molar-refractivity contribution in [3.63, 3.8) is 0 Å². The second-order valence-electron chi connectivity index (χ2n) is 6.55. The number of aromatic amines is 1. The minimum Gasteiger partial charge on any atom is -0.331 e. The van der Waals surface area contributed by atoms with Gasteiger partial charge in [-0.3, -0.25) is 4.79 Å². The molecule has 0 bridgehead atoms. The summed E-state index contributed by atoms with van der Waals surface area (Å²) in [5.74, 6) is 0. The number of alkyl halides is 3. The van der Waals surface area contributed by atoms with Gasteiger partial charge in [-0.05, 0) is 42.3 Å². The molecule has 4 rings (SSSR count). The highest BCUT2D eigenvalue weighted by molar-refractivity contribution is 9.10. The topological polar surface area (TPSA) is 37.8 Å². The lowest BCUT2D eigenvalue weighted by atomic mass is 10.0. The molecule has 8 heteroatoms. The Morgan fingerprint density at radius 2 is 1.89 bits per heavy atom. The molecule has 0 radical (unpaired) electrons. The number of fused-ring (bicyclic) bond motifs is 3. The van der Waals surface area contributed by atoms with Crippen LogP contribution in [0.1, 0.15) is 5.56 Å². The molecule has 3 nitrogen and oxygen atoms in total. The first-order valence-electron chi connectivity index (χ1n) is 8.33. The van der Waals surface area contributed by atoms with E-state index in [0.717, 1.165) is 4.47 Å². The summed E-state index contributed by atoms with van der Waals surface area (Å²) in [7, 11) is 0. The van der Waals surface area contributed by atoms with Crippen LogP contribution < -0.4 is 5.56 Å². The summed E-state index contributed by atoms with van der Waals surface area (Å²) in [5.41, 5.74) is 2.31. The van der Waals surface area contributed by atoms with E-state index in [1.807, 2.05) is 6.07 Å². The van der Waals surface area contributed by atoms with Crippen LogP contribution >= 0.6 is 27.5 Å². The van der Waals surface area contributed by atoms with Crippen molar-refractivity contribution >= 4 is 49.3 Å². The zero-order valence-electron chi connectivity index (χ0n) is 14.5. The fraction of sp³-hybridized carbons (Fsp3) is 0.150. The molecule has 0 amide bonds. The number of pyridine rings is 1. The quantitative estimate of drug-likeness (QED) is 0.361. The highest BCUT2D eigenvalue weighted by Gasteiger charge is 2.31. The molecule has 0 spiro atoms. The highest BCUT2D eigenvalue weighted by Crippen LogP contribution is 2.40. The fourth-order valence-electron chi connectivity index (χ4n) is 3.70. The molecule has 0 saturated heterocycles. The van der Waals surface area contributed by atoms with Gasteiger partial charge in [0.1, 0.15) is 6.54 Å². The van der Waals surface area contributed by atoms with Crippen molar-refractivity contribution < 1.29 is 13.2 Å². The van der Waals surface area contributed by atoms with Gasteiger partial charge in [-0.2, -0.15) is 13.2 Å². The number of aryl methyl sites for hydroxylation is 1. The lowest BCUT2D eigenvalue weighted by Gasteiger charge is -2.14. The van der Waals surface area contributed by atoms with Gasteiger partial charge in [-0.15, -0.1) is 0 Å². The molecule has 0 atom stereocenters. The molecule has 2 heterocycles. The third kappa shape index (κ3) is 3.22. The summed E-state index contributed by atoms with van der Waals surface area (Å²) in [4.78, 5) is 14.4. The van der Waals surface area contributed by atoms with Gasteiger partial charge in [0.05, 0.1) is 16.2 Å². The largest absolute Gasteiger partial charge is 0.406 e. The Morgan fingerprint density at radius 1 is 1.14 bits per heavy atom. The Hall–Kier alpha value is -2.25. The zero-order valence-corrected chi connectivity index (χ0v) is 16.8. The number of nitrogens with one attached hydrogen (secondary N) is 1. The van der Waals surface area contributed by atoms with Crippen LogP contribution in [0.5, 0.6) is 0 Å². The van der Waals surface area contributed by atoms with Crippen molar-refractivity contribution in [3.05, 3.63) is 67.9 Å². The predicted octanol–water partition coefficient (Wildman–Crippen LogP) is 6.44. The Labute approximate surface area is 170 Å². The average Bonchev–Trinajstić information content (AvgIpc) is 2.85. The number of hydrogen-bond donors (Lipinski definition) is 1. The first kappa shape index (κ1) is 19.1. The van der Waals surface area contributed by atoms with Gasteiger partial charge in [0.2, 0.25) is 5.56 Å². The number of hydrogen-bond acceptors (Lipinski definition) is 1. The van der Waals surface area contributed by atoms with Gasteiger partial charge in [-0.25, -0.2) is 0 Å². The molecule has 0 aliphatic carbocycles. The molecule has 28 heavy (non-hydrogen) atoms. The van der Waals surface area contributed by atoms with Crippen LogP contribution in [-0.2, 0) is 6.54 Å². The van der Waals surface area contributed by atoms with Gasteiger partial charge in [0, 0.05) is 26.8 Å². The van der Waals surface area contributed by atoms with Crippen LogP contribution in [0.2, 0.25) is 5.02 Å². The summed E-state index contributed by atoms with van der Waals surface area (Å²) in [6.07, 6.45) is -4.40. The molecule has 0 saturated carbocycles. The number of benzene rings is 2. The first-order chi connectivity index (χ1) is 13.2. The van der Waals surface area contributed by atoms with E-state index in [0.29, 0.717) is 38.6 Å². The monoisotopic (exact) mass is 468 g/mol. The molecular weight excluding hydrogens is 457 g/mol. The number of rotatable bonds is 2. The highest BCUT2D eigenvalue weighted by atomic mass is 79.9. The SMILES string of the molecule is Cc1c(-c2cccc(Br)c2)n(CC(F)(F)F)c2ccc3[nH]c(=O)cc(Cl)c3c12. The Kier molecular flexibility index (Phi) is 4.55. The predicted molar refractivity (Wildman–Crippen MR) is 109 cm³/mol. The summed E-state index contributed by atoms with van der Waals surface area (Å²) < 4.78 is 42.2. The molecule has 144 valence electrons. The fourth-order valence-corrected chi connectivity index (χ4v) is 4.39. The van der Waals surface area contributed by atoms with E-state index >= 15 is 0 Å². The van der Waals surface area contributed by atoms with E-state index in [1.165, 1.54) is 10.6 Å². The molecule has 0 unspecified atom stereocenters. The van der Waals surface area contributed by atoms with Gasteiger partial charge in [0.25, 0.3) is 0 Å². The van der Waals surface area contributed by atoms with Crippen molar-refractivity contribution in [3.8, 4) is 11.3 Å². The normalized spacial score (nSPS) is 12.2. The van der Waals surface area contributed by atoms with Crippen LogP contribution in [0.4, 0.5) is 13.2 Å². The molecule has 2 aromatic carbocycles. The Morgan fingerprint density at radius 3 is 2.57 bits per heavy atom. The second-order valence-corrected chi connectivity index (χ2v) is 7.87. The summed E-state index contributed by atoms with van der Waals surface area (Å²) in [6, 6.07) is 11.5. The minimum atomic E-state index is -4.40. The summed E-state index contributed by atoms with van der Waals surface area (Å²) >= 11 is 9.70. The van der Waals surface area contributed by atoms with E-state index in [9.17, 15) is 18.0 Å². The van der Waals surface area contributed by atoms with Crippen molar-refractivity contribution in [2.24, 2.45) is 0 Å². The Bertz CT molecular complexity index is 1290. The number of aromatic nitrogens is 2. The molecular formula is C20H13BrClF3N2O. The summed E-state index contributed by atoms with van der Waals surface area (Å²) in [5, 5.41) is 1.34. The minimum absolute atomic E-state index is 0.206. The van der Waals surface area contributed by atoms with Gasteiger partial charge < -0.3 is 9.55 Å². The molecule has 4 aromatic rings. The van der Waals surface area contributed by atoms with E-state index in [2.05, 4.69) is 20.9 Å². The van der Waals surface area contributed by atoms with E-state index < -0.39 is 12.7 Å². The van der Waals surface area contributed by atoms with E-state index in [4.69, 9.17) is 11.6 Å². The van der Waals surface area contributed by atoms with Crippen LogP contribution in [-0.4, -0.2) is 15.7 Å². The third-order valence-corrected chi connectivity index (χ3v) is 5.46. The smallest absolute Gasteiger partial charge is 0.331 e. The van der Waals surface area contributed by atoms with Crippen LogP contribution in [0.15, 0.2) is 51.7 Å². The maximum Gasteiger partial charge on any atom is 0.406 e. The first-order valence-corrected chi connectivity index (χ1v) is 9.50. The van der Waals surface area contributed by atoms with E-state index in [1.54, 1.807) is 37.3 Å². The van der Waals surface area contributed by atoms with E-state index in [-0.39, 0.29) is 10.6 Å². The van der Waals surface area contributed by atoms with Crippen LogP contribution in [0.3, 0.4) is 0 Å². The third-order valence-electron chi connectivity index (χ3n) is 4.66. The molecule has 0 aliphatic rings. The molecule has 0 fully saturated rings. The maximum atomic E-state index is 13.4. The average molecular weight is 470 g/mol. The molecule has 1 N–H and O–H groups in total.